The average Bonchev–Trinajstić information content (AvgIpc) is 2.81. The minimum atomic E-state index is -3.66. The van der Waals surface area contributed by atoms with Crippen molar-refractivity contribution in [3.8, 4) is 5.75 Å². The van der Waals surface area contributed by atoms with Crippen LogP contribution in [0.1, 0.15) is 53.9 Å². The van der Waals surface area contributed by atoms with Crippen LogP contribution in [0.4, 0.5) is 0 Å². The van der Waals surface area contributed by atoms with Crippen LogP contribution in [-0.4, -0.2) is 23.9 Å². The molecular formula is C26H30O5S2. The molecule has 0 aliphatic heterocycles. The second kappa shape index (κ2) is 10.1. The summed E-state index contributed by atoms with van der Waals surface area (Å²) in [5.41, 5.74) is 2.25. The van der Waals surface area contributed by atoms with Crippen LogP contribution in [0.15, 0.2) is 82.6 Å². The first kappa shape index (κ1) is 25.0. The maximum atomic E-state index is 13.4. The van der Waals surface area contributed by atoms with Crippen molar-refractivity contribution in [3.05, 3.63) is 89.5 Å². The van der Waals surface area contributed by atoms with Gasteiger partial charge in [-0.2, -0.15) is 0 Å². The van der Waals surface area contributed by atoms with Crippen molar-refractivity contribution in [3.63, 3.8) is 0 Å². The van der Waals surface area contributed by atoms with E-state index >= 15 is 0 Å². The fraction of sp³-hybridized carbons (Fsp3) is 0.308. The second-order valence-electron chi connectivity index (χ2n) is 8.04. The molecule has 0 aliphatic carbocycles. The smallest absolute Gasteiger partial charge is 0.185 e. The Morgan fingerprint density at radius 3 is 1.36 bits per heavy atom. The van der Waals surface area contributed by atoms with Crippen LogP contribution < -0.4 is 4.74 Å². The zero-order chi connectivity index (χ0) is 24.2. The van der Waals surface area contributed by atoms with Crippen molar-refractivity contribution >= 4 is 19.7 Å². The van der Waals surface area contributed by atoms with Crippen LogP contribution in [0.3, 0.4) is 0 Å². The van der Waals surface area contributed by atoms with E-state index in [0.29, 0.717) is 29.7 Å². The highest BCUT2D eigenvalue weighted by atomic mass is 32.2. The molecule has 7 heteroatoms. The predicted molar refractivity (Wildman–Crippen MR) is 131 cm³/mol. The van der Waals surface area contributed by atoms with Crippen LogP contribution >= 0.6 is 0 Å². The van der Waals surface area contributed by atoms with Crippen molar-refractivity contribution in [2.75, 3.05) is 7.11 Å². The summed E-state index contributed by atoms with van der Waals surface area (Å²) in [6.45, 7) is 5.56. The van der Waals surface area contributed by atoms with Crippen molar-refractivity contribution < 1.29 is 21.6 Å². The van der Waals surface area contributed by atoms with E-state index in [1.165, 1.54) is 12.1 Å². The van der Waals surface area contributed by atoms with Crippen LogP contribution in [-0.2, 0) is 19.7 Å². The van der Waals surface area contributed by atoms with Crippen LogP contribution in [0.25, 0.3) is 0 Å². The first-order chi connectivity index (χ1) is 15.6. The van der Waals surface area contributed by atoms with Gasteiger partial charge in [-0.05, 0) is 67.3 Å². The molecule has 0 aromatic heterocycles. The van der Waals surface area contributed by atoms with Gasteiger partial charge in [-0.1, -0.05) is 55.8 Å². The van der Waals surface area contributed by atoms with Gasteiger partial charge in [0.15, 0.2) is 19.7 Å². The van der Waals surface area contributed by atoms with Gasteiger partial charge in [0.05, 0.1) is 27.4 Å². The number of methoxy groups -OCH3 is 1. The quantitative estimate of drug-likeness (QED) is 0.379. The number of aryl methyl sites for hydroxylation is 1. The third-order valence-corrected chi connectivity index (χ3v) is 10.5. The fourth-order valence-electron chi connectivity index (χ4n) is 4.02. The molecule has 0 fully saturated rings. The molecule has 0 radical (unpaired) electrons. The number of hydrogen-bond donors (Lipinski definition) is 0. The lowest BCUT2D eigenvalue weighted by Gasteiger charge is -2.19. The Hall–Kier alpha value is -2.64. The van der Waals surface area contributed by atoms with Gasteiger partial charge >= 0.3 is 0 Å². The maximum absolute atomic E-state index is 13.4. The second-order valence-corrected chi connectivity index (χ2v) is 12.3. The fourth-order valence-corrected chi connectivity index (χ4v) is 7.61. The van der Waals surface area contributed by atoms with Gasteiger partial charge < -0.3 is 4.74 Å². The van der Waals surface area contributed by atoms with E-state index in [0.717, 1.165) is 5.56 Å². The van der Waals surface area contributed by atoms with Gasteiger partial charge in [-0.3, -0.25) is 0 Å². The Kier molecular flexibility index (Phi) is 7.65. The van der Waals surface area contributed by atoms with Gasteiger partial charge in [0.25, 0.3) is 0 Å². The zero-order valence-electron chi connectivity index (χ0n) is 19.4. The van der Waals surface area contributed by atoms with Crippen LogP contribution in [0, 0.1) is 6.92 Å². The molecule has 176 valence electrons. The molecule has 0 saturated carbocycles. The minimum Gasteiger partial charge on any atom is -0.497 e. The average molecular weight is 487 g/mol. The molecule has 3 rings (SSSR count). The summed E-state index contributed by atoms with van der Waals surface area (Å²) in [7, 11) is -5.69. The normalized spacial score (nSPS) is 13.9. The molecule has 0 bridgehead atoms. The van der Waals surface area contributed by atoms with E-state index < -0.39 is 30.2 Å². The molecule has 33 heavy (non-hydrogen) atoms. The summed E-state index contributed by atoms with van der Waals surface area (Å²) in [6.07, 6.45) is 0.793. The number of hydrogen-bond acceptors (Lipinski definition) is 5. The molecule has 0 saturated heterocycles. The van der Waals surface area contributed by atoms with E-state index in [4.69, 9.17) is 4.74 Å². The van der Waals surface area contributed by atoms with Gasteiger partial charge in [0.2, 0.25) is 0 Å². The van der Waals surface area contributed by atoms with Crippen molar-refractivity contribution in [1.82, 2.24) is 0 Å². The Labute approximate surface area is 197 Å². The van der Waals surface area contributed by atoms with Crippen molar-refractivity contribution in [2.24, 2.45) is 0 Å². The van der Waals surface area contributed by atoms with Crippen molar-refractivity contribution in [2.45, 2.75) is 53.9 Å². The SMILES string of the molecule is CCC(c1ccc(S(=O)(=O)C(CC)c2ccc(OC)cc2)cc1)S(=O)(=O)c1ccc(C)cc1. The van der Waals surface area contributed by atoms with E-state index in [1.807, 2.05) is 20.8 Å². The molecule has 0 heterocycles. The van der Waals surface area contributed by atoms with Crippen LogP contribution in [0.2, 0.25) is 0 Å². The molecular weight excluding hydrogens is 456 g/mol. The highest BCUT2D eigenvalue weighted by Crippen LogP contribution is 2.35. The van der Waals surface area contributed by atoms with Gasteiger partial charge in [0, 0.05) is 0 Å². The lowest BCUT2D eigenvalue weighted by molar-refractivity contribution is 0.414. The summed E-state index contributed by atoms with van der Waals surface area (Å²) in [4.78, 5) is 0.443. The van der Waals surface area contributed by atoms with Gasteiger partial charge in [-0.15, -0.1) is 0 Å². The Balaban J connectivity index is 1.93. The molecule has 3 aromatic rings. The first-order valence-electron chi connectivity index (χ1n) is 10.9. The third kappa shape index (κ3) is 5.14. The summed E-state index contributed by atoms with van der Waals surface area (Å²) in [6, 6.07) is 20.1. The van der Waals surface area contributed by atoms with Crippen molar-refractivity contribution in [1.29, 1.82) is 0 Å². The van der Waals surface area contributed by atoms with E-state index in [2.05, 4.69) is 0 Å². The van der Waals surface area contributed by atoms with E-state index in [9.17, 15) is 16.8 Å². The summed E-state index contributed by atoms with van der Waals surface area (Å²) < 4.78 is 58.3. The predicted octanol–water partition coefficient (Wildman–Crippen LogP) is 5.85. The summed E-state index contributed by atoms with van der Waals surface area (Å²) in [5, 5.41) is -1.45. The van der Waals surface area contributed by atoms with Gasteiger partial charge in [0.1, 0.15) is 5.75 Å². The Bertz CT molecular complexity index is 1280. The topological polar surface area (TPSA) is 77.5 Å². The van der Waals surface area contributed by atoms with E-state index in [-0.39, 0.29) is 9.79 Å². The highest BCUT2D eigenvalue weighted by Gasteiger charge is 2.30. The molecule has 3 aromatic carbocycles. The lowest BCUT2D eigenvalue weighted by atomic mass is 10.1. The Morgan fingerprint density at radius 1 is 0.636 bits per heavy atom. The number of rotatable bonds is 9. The molecule has 0 spiro atoms. The third-order valence-electron chi connectivity index (χ3n) is 5.91. The highest BCUT2D eigenvalue weighted by molar-refractivity contribution is 7.92. The monoisotopic (exact) mass is 486 g/mol. The first-order valence-corrected chi connectivity index (χ1v) is 14.0. The number of benzene rings is 3. The molecule has 2 unspecified atom stereocenters. The molecule has 2 atom stereocenters. The molecule has 0 N–H and O–H groups in total. The zero-order valence-corrected chi connectivity index (χ0v) is 21.0. The van der Waals surface area contributed by atoms with E-state index in [1.54, 1.807) is 67.8 Å². The molecule has 5 nitrogen and oxygen atoms in total. The molecule has 0 aliphatic rings. The Morgan fingerprint density at radius 2 is 1.00 bits per heavy atom. The lowest BCUT2D eigenvalue weighted by Crippen LogP contribution is -2.15. The van der Waals surface area contributed by atoms with Crippen LogP contribution in [0.5, 0.6) is 5.75 Å². The summed E-state index contributed by atoms with van der Waals surface area (Å²) in [5.74, 6) is 0.663. The largest absolute Gasteiger partial charge is 0.497 e. The number of sulfone groups is 2. The maximum Gasteiger partial charge on any atom is 0.185 e. The number of ether oxygens (including phenoxy) is 1. The molecule has 0 amide bonds. The summed E-state index contributed by atoms with van der Waals surface area (Å²) >= 11 is 0. The van der Waals surface area contributed by atoms with Gasteiger partial charge in [-0.25, -0.2) is 16.8 Å². The standard InChI is InChI=1S/C26H30O5S2/c1-5-25(20-9-13-22(31-4)14-10-20)33(29,30)24-17-11-21(12-18-24)26(6-2)32(27,28)23-15-7-19(3)8-16-23/h7-18,25-26H,5-6H2,1-4H3. The minimum absolute atomic E-state index is 0.177.